The second-order valence-corrected chi connectivity index (χ2v) is 2.79. The molecule has 0 aromatic heterocycles. The molecule has 1 rings (SSSR count). The summed E-state index contributed by atoms with van der Waals surface area (Å²) in [6.45, 7) is 0. The van der Waals surface area contributed by atoms with Crippen molar-refractivity contribution in [3.63, 3.8) is 0 Å². The lowest BCUT2D eigenvalue weighted by Crippen LogP contribution is -2.41. The first-order valence-corrected chi connectivity index (χ1v) is 4.16. The molecule has 1 aromatic rings. The summed E-state index contributed by atoms with van der Waals surface area (Å²) in [6.07, 6.45) is 0. The minimum absolute atomic E-state index is 0.397. The number of likely N-dealkylation sites (N-methyl/N-ethyl adjacent to an activating group) is 1. The molecule has 0 saturated heterocycles. The van der Waals surface area contributed by atoms with E-state index in [-0.39, 0.29) is 0 Å². The van der Waals surface area contributed by atoms with Gasteiger partial charge in [-0.2, -0.15) is 0 Å². The van der Waals surface area contributed by atoms with Gasteiger partial charge in [0.15, 0.2) is 11.8 Å². The highest BCUT2D eigenvalue weighted by atomic mass is 16.4. The fraction of sp³-hybridized carbons (Fsp3) is 0.200. The minimum atomic E-state index is -1.17. The molecule has 14 heavy (non-hydrogen) atoms. The summed E-state index contributed by atoms with van der Waals surface area (Å²) in [5.74, 6) is -1.60. The quantitative estimate of drug-likeness (QED) is 0.541. The number of ketones is 1. The summed E-state index contributed by atoms with van der Waals surface area (Å²) in [5, 5.41) is 11.2. The summed E-state index contributed by atoms with van der Waals surface area (Å²) in [5.41, 5.74) is 0.397. The van der Waals surface area contributed by atoms with Crippen molar-refractivity contribution < 1.29 is 14.7 Å². The van der Waals surface area contributed by atoms with Crippen LogP contribution in [0.4, 0.5) is 0 Å². The molecule has 0 aliphatic carbocycles. The van der Waals surface area contributed by atoms with Crippen LogP contribution < -0.4 is 5.32 Å². The number of benzene rings is 1. The third-order valence-electron chi connectivity index (χ3n) is 1.86. The van der Waals surface area contributed by atoms with Crippen molar-refractivity contribution in [2.45, 2.75) is 6.04 Å². The van der Waals surface area contributed by atoms with Gasteiger partial charge in [-0.3, -0.25) is 9.59 Å². The maximum atomic E-state index is 11.6. The molecule has 0 heterocycles. The number of carbonyl (C=O) groups excluding carboxylic acids is 1. The van der Waals surface area contributed by atoms with Gasteiger partial charge in [0.1, 0.15) is 0 Å². The number of hydrogen-bond donors (Lipinski definition) is 2. The Morgan fingerprint density at radius 1 is 1.29 bits per heavy atom. The molecule has 0 aliphatic heterocycles. The van der Waals surface area contributed by atoms with Gasteiger partial charge in [-0.25, -0.2) is 0 Å². The maximum Gasteiger partial charge on any atom is 0.328 e. The minimum Gasteiger partial charge on any atom is -0.480 e. The van der Waals surface area contributed by atoms with Gasteiger partial charge in [0.2, 0.25) is 0 Å². The van der Waals surface area contributed by atoms with Crippen LogP contribution >= 0.6 is 0 Å². The highest BCUT2D eigenvalue weighted by Gasteiger charge is 2.24. The summed E-state index contributed by atoms with van der Waals surface area (Å²) in [4.78, 5) is 22.2. The first kappa shape index (κ1) is 10.4. The first-order chi connectivity index (χ1) is 6.66. The molecule has 0 amide bonds. The summed E-state index contributed by atoms with van der Waals surface area (Å²) in [7, 11) is 1.44. The van der Waals surface area contributed by atoms with Crippen LogP contribution in [0.5, 0.6) is 0 Å². The van der Waals surface area contributed by atoms with E-state index in [0.717, 1.165) is 0 Å². The zero-order valence-corrected chi connectivity index (χ0v) is 7.73. The van der Waals surface area contributed by atoms with Crippen LogP contribution in [0.1, 0.15) is 10.4 Å². The number of Topliss-reactive ketones (excluding diaryl/α,β-unsaturated/α-hetero) is 1. The Balaban J connectivity index is 2.89. The third kappa shape index (κ3) is 2.17. The van der Waals surface area contributed by atoms with Crippen LogP contribution in [0.2, 0.25) is 0 Å². The number of aliphatic carboxylic acids is 1. The summed E-state index contributed by atoms with van der Waals surface area (Å²) < 4.78 is 0. The van der Waals surface area contributed by atoms with Crippen molar-refractivity contribution in [2.24, 2.45) is 0 Å². The molecule has 0 unspecified atom stereocenters. The van der Waals surface area contributed by atoms with Crippen molar-refractivity contribution >= 4 is 11.8 Å². The normalized spacial score (nSPS) is 12.1. The van der Waals surface area contributed by atoms with E-state index in [1.807, 2.05) is 0 Å². The van der Waals surface area contributed by atoms with Crippen molar-refractivity contribution in [2.75, 3.05) is 7.05 Å². The van der Waals surface area contributed by atoms with Crippen LogP contribution in [0.3, 0.4) is 0 Å². The van der Waals surface area contributed by atoms with Gasteiger partial charge in [0, 0.05) is 5.56 Å². The van der Waals surface area contributed by atoms with Crippen LogP contribution in [0.15, 0.2) is 30.3 Å². The molecule has 4 heteroatoms. The molecule has 0 aliphatic rings. The van der Waals surface area contributed by atoms with E-state index >= 15 is 0 Å². The molecular formula is C10H11NO3. The molecule has 74 valence electrons. The molecule has 0 spiro atoms. The Morgan fingerprint density at radius 3 is 2.29 bits per heavy atom. The lowest BCUT2D eigenvalue weighted by atomic mass is 10.0. The average molecular weight is 193 g/mol. The van der Waals surface area contributed by atoms with E-state index in [0.29, 0.717) is 5.56 Å². The number of carboxylic acid groups (broad SMARTS) is 1. The highest BCUT2D eigenvalue weighted by molar-refractivity contribution is 6.11. The molecule has 1 atom stereocenters. The Hall–Kier alpha value is -1.68. The average Bonchev–Trinajstić information content (AvgIpc) is 2.19. The smallest absolute Gasteiger partial charge is 0.328 e. The summed E-state index contributed by atoms with van der Waals surface area (Å²) in [6, 6.07) is 7.18. The Morgan fingerprint density at radius 2 is 1.86 bits per heavy atom. The third-order valence-corrected chi connectivity index (χ3v) is 1.86. The Labute approximate surface area is 81.6 Å². The van der Waals surface area contributed by atoms with Crippen molar-refractivity contribution in [1.29, 1.82) is 0 Å². The number of nitrogens with one attached hydrogen (secondary N) is 1. The van der Waals surface area contributed by atoms with E-state index in [9.17, 15) is 9.59 Å². The van der Waals surface area contributed by atoms with Gasteiger partial charge in [0.05, 0.1) is 0 Å². The number of carbonyl (C=O) groups is 2. The van der Waals surface area contributed by atoms with Crippen LogP contribution in [-0.4, -0.2) is 29.9 Å². The van der Waals surface area contributed by atoms with Gasteiger partial charge >= 0.3 is 5.97 Å². The largest absolute Gasteiger partial charge is 0.480 e. The fourth-order valence-electron chi connectivity index (χ4n) is 1.14. The molecule has 0 saturated carbocycles. The maximum absolute atomic E-state index is 11.6. The molecule has 0 bridgehead atoms. The second-order valence-electron chi connectivity index (χ2n) is 2.79. The van der Waals surface area contributed by atoms with Gasteiger partial charge in [-0.05, 0) is 7.05 Å². The molecule has 0 fully saturated rings. The van der Waals surface area contributed by atoms with Gasteiger partial charge < -0.3 is 10.4 Å². The molecule has 1 aromatic carbocycles. The molecule has 0 radical (unpaired) electrons. The summed E-state index contributed by atoms with van der Waals surface area (Å²) >= 11 is 0. The van der Waals surface area contributed by atoms with Crippen molar-refractivity contribution in [3.8, 4) is 0 Å². The van der Waals surface area contributed by atoms with Crippen LogP contribution in [0, 0.1) is 0 Å². The van der Waals surface area contributed by atoms with Crippen molar-refractivity contribution in [1.82, 2.24) is 5.32 Å². The predicted octanol–water partition coefficient (Wildman–Crippen LogP) is 0.542. The van der Waals surface area contributed by atoms with Crippen molar-refractivity contribution in [3.05, 3.63) is 35.9 Å². The van der Waals surface area contributed by atoms with Gasteiger partial charge in [-0.15, -0.1) is 0 Å². The van der Waals surface area contributed by atoms with Gasteiger partial charge in [-0.1, -0.05) is 30.3 Å². The Kier molecular flexibility index (Phi) is 3.36. The van der Waals surface area contributed by atoms with E-state index < -0.39 is 17.8 Å². The number of rotatable bonds is 4. The van der Waals surface area contributed by atoms with Crippen LogP contribution in [-0.2, 0) is 4.79 Å². The number of carboxylic acids is 1. The van der Waals surface area contributed by atoms with E-state index in [4.69, 9.17) is 5.11 Å². The molecular weight excluding hydrogens is 182 g/mol. The van der Waals surface area contributed by atoms with E-state index in [2.05, 4.69) is 5.32 Å². The Bertz CT molecular complexity index is 334. The zero-order valence-electron chi connectivity index (χ0n) is 7.73. The fourth-order valence-corrected chi connectivity index (χ4v) is 1.14. The SMILES string of the molecule is CN[C@H](C(=O)O)C(=O)c1ccccc1. The standard InChI is InChI=1S/C10H11NO3/c1-11-8(10(13)14)9(12)7-5-3-2-4-6-7/h2-6,8,11H,1H3,(H,13,14)/t8-/m0/s1. The first-order valence-electron chi connectivity index (χ1n) is 4.16. The lowest BCUT2D eigenvalue weighted by Gasteiger charge is -2.09. The zero-order chi connectivity index (χ0) is 10.6. The second kappa shape index (κ2) is 4.53. The lowest BCUT2D eigenvalue weighted by molar-refractivity contribution is -0.137. The number of hydrogen-bond acceptors (Lipinski definition) is 3. The van der Waals surface area contributed by atoms with E-state index in [1.54, 1.807) is 30.3 Å². The topological polar surface area (TPSA) is 66.4 Å². The molecule has 2 N–H and O–H groups in total. The monoisotopic (exact) mass is 193 g/mol. The predicted molar refractivity (Wildman–Crippen MR) is 51.3 cm³/mol. The highest BCUT2D eigenvalue weighted by Crippen LogP contribution is 2.03. The molecule has 4 nitrogen and oxygen atoms in total. The van der Waals surface area contributed by atoms with Gasteiger partial charge in [0.25, 0.3) is 0 Å². The van der Waals surface area contributed by atoms with E-state index in [1.165, 1.54) is 7.05 Å². The van der Waals surface area contributed by atoms with Crippen LogP contribution in [0.25, 0.3) is 0 Å².